The lowest BCUT2D eigenvalue weighted by atomic mass is 10.1. The summed E-state index contributed by atoms with van der Waals surface area (Å²) in [5.41, 5.74) is 0.340. The Hall–Kier alpha value is -2.44. The van der Waals surface area contributed by atoms with Gasteiger partial charge in [0.2, 0.25) is 11.7 Å². The Morgan fingerprint density at radius 3 is 2.19 bits per heavy atom. The molecule has 2 rings (SSSR count). The van der Waals surface area contributed by atoms with E-state index < -0.39 is 0 Å². The number of benzene rings is 1. The Morgan fingerprint density at radius 1 is 0.962 bits per heavy atom. The second-order valence-corrected chi connectivity index (χ2v) is 6.18. The molecule has 1 fully saturated rings. The molecule has 0 spiro atoms. The molecule has 1 N–H and O–H groups in total. The van der Waals surface area contributed by atoms with Crippen LogP contribution < -0.4 is 19.5 Å². The van der Waals surface area contributed by atoms with Crippen molar-refractivity contribution in [3.63, 3.8) is 0 Å². The van der Waals surface area contributed by atoms with Gasteiger partial charge in [0.25, 0.3) is 5.91 Å². The van der Waals surface area contributed by atoms with Gasteiger partial charge in [0.1, 0.15) is 0 Å². The SMILES string of the molecule is COc1ccc(C(=O)NCCC(=O)N2CCCCCC2)c(OC)c1OC. The molecule has 0 saturated carbocycles. The maximum atomic E-state index is 12.5. The first-order valence-corrected chi connectivity index (χ1v) is 8.97. The zero-order valence-electron chi connectivity index (χ0n) is 15.8. The Bertz CT molecular complexity index is 625. The lowest BCUT2D eigenvalue weighted by molar-refractivity contribution is -0.131. The van der Waals surface area contributed by atoms with E-state index in [9.17, 15) is 9.59 Å². The fourth-order valence-electron chi connectivity index (χ4n) is 3.14. The van der Waals surface area contributed by atoms with Gasteiger partial charge in [-0.1, -0.05) is 12.8 Å². The van der Waals surface area contributed by atoms with Crippen molar-refractivity contribution in [3.8, 4) is 17.2 Å². The van der Waals surface area contributed by atoms with E-state index in [0.717, 1.165) is 25.9 Å². The van der Waals surface area contributed by atoms with Gasteiger partial charge < -0.3 is 24.4 Å². The van der Waals surface area contributed by atoms with Gasteiger partial charge in [0, 0.05) is 26.1 Å². The van der Waals surface area contributed by atoms with Crippen LogP contribution in [0, 0.1) is 0 Å². The lowest BCUT2D eigenvalue weighted by Crippen LogP contribution is -2.35. The van der Waals surface area contributed by atoms with E-state index in [4.69, 9.17) is 14.2 Å². The number of amides is 2. The number of methoxy groups -OCH3 is 3. The molecule has 1 heterocycles. The van der Waals surface area contributed by atoms with Crippen molar-refractivity contribution in [1.82, 2.24) is 10.2 Å². The monoisotopic (exact) mass is 364 g/mol. The molecule has 7 heteroatoms. The molecule has 1 saturated heterocycles. The number of likely N-dealkylation sites (tertiary alicyclic amines) is 1. The summed E-state index contributed by atoms with van der Waals surface area (Å²) in [7, 11) is 4.48. The zero-order valence-corrected chi connectivity index (χ0v) is 15.8. The zero-order chi connectivity index (χ0) is 18.9. The highest BCUT2D eigenvalue weighted by Gasteiger charge is 2.21. The van der Waals surface area contributed by atoms with Crippen molar-refractivity contribution >= 4 is 11.8 Å². The summed E-state index contributed by atoms with van der Waals surface area (Å²) in [6.45, 7) is 1.91. The summed E-state index contributed by atoms with van der Waals surface area (Å²) in [4.78, 5) is 26.7. The predicted molar refractivity (Wildman–Crippen MR) is 98.1 cm³/mol. The molecular weight excluding hydrogens is 336 g/mol. The van der Waals surface area contributed by atoms with Gasteiger partial charge >= 0.3 is 0 Å². The second kappa shape index (κ2) is 9.89. The predicted octanol–water partition coefficient (Wildman–Crippen LogP) is 2.23. The summed E-state index contributed by atoms with van der Waals surface area (Å²) in [5.74, 6) is 0.932. The molecule has 0 bridgehead atoms. The molecule has 7 nitrogen and oxygen atoms in total. The van der Waals surface area contributed by atoms with Crippen molar-refractivity contribution in [2.75, 3.05) is 41.0 Å². The highest BCUT2D eigenvalue weighted by molar-refractivity contribution is 5.98. The van der Waals surface area contributed by atoms with Crippen LogP contribution in [0.25, 0.3) is 0 Å². The molecule has 0 unspecified atom stereocenters. The summed E-state index contributed by atoms with van der Waals surface area (Å²) < 4.78 is 15.8. The summed E-state index contributed by atoms with van der Waals surface area (Å²) in [6, 6.07) is 3.27. The average Bonchev–Trinajstić information content (AvgIpc) is 2.95. The molecule has 0 atom stereocenters. The van der Waals surface area contributed by atoms with Gasteiger partial charge in [-0.15, -0.1) is 0 Å². The minimum absolute atomic E-state index is 0.0893. The number of carbonyl (C=O) groups is 2. The molecule has 26 heavy (non-hydrogen) atoms. The number of hydrogen-bond donors (Lipinski definition) is 1. The maximum Gasteiger partial charge on any atom is 0.255 e. The largest absolute Gasteiger partial charge is 0.493 e. The van der Waals surface area contributed by atoms with Crippen LogP contribution in [0.3, 0.4) is 0 Å². The first kappa shape index (κ1) is 19.9. The fraction of sp³-hybridized carbons (Fsp3) is 0.579. The Labute approximate surface area is 154 Å². The van der Waals surface area contributed by atoms with E-state index in [-0.39, 0.29) is 18.4 Å². The van der Waals surface area contributed by atoms with Crippen LogP contribution in [0.15, 0.2) is 12.1 Å². The molecule has 1 aromatic carbocycles. The third-order valence-electron chi connectivity index (χ3n) is 4.53. The van der Waals surface area contributed by atoms with Gasteiger partial charge in [0.15, 0.2) is 11.5 Å². The van der Waals surface area contributed by atoms with E-state index in [0.29, 0.717) is 29.2 Å². The second-order valence-electron chi connectivity index (χ2n) is 6.18. The minimum atomic E-state index is -0.313. The van der Waals surface area contributed by atoms with Crippen molar-refractivity contribution < 1.29 is 23.8 Å². The third-order valence-corrected chi connectivity index (χ3v) is 4.53. The minimum Gasteiger partial charge on any atom is -0.493 e. The van der Waals surface area contributed by atoms with Crippen LogP contribution >= 0.6 is 0 Å². The molecule has 1 aliphatic rings. The van der Waals surface area contributed by atoms with Crippen LogP contribution in [-0.4, -0.2) is 57.7 Å². The average molecular weight is 364 g/mol. The molecule has 0 radical (unpaired) electrons. The van der Waals surface area contributed by atoms with Gasteiger partial charge in [0.05, 0.1) is 26.9 Å². The Balaban J connectivity index is 1.96. The third kappa shape index (κ3) is 4.80. The van der Waals surface area contributed by atoms with Crippen LogP contribution in [0.2, 0.25) is 0 Å². The van der Waals surface area contributed by atoms with Crippen molar-refractivity contribution in [1.29, 1.82) is 0 Å². The molecule has 2 amide bonds. The van der Waals surface area contributed by atoms with Crippen LogP contribution in [0.5, 0.6) is 17.2 Å². The molecule has 0 aromatic heterocycles. The lowest BCUT2D eigenvalue weighted by Gasteiger charge is -2.20. The Kier molecular flexibility index (Phi) is 7.56. The van der Waals surface area contributed by atoms with Crippen molar-refractivity contribution in [2.45, 2.75) is 32.1 Å². The van der Waals surface area contributed by atoms with Crippen molar-refractivity contribution in [2.24, 2.45) is 0 Å². The number of carbonyl (C=O) groups excluding carboxylic acids is 2. The van der Waals surface area contributed by atoms with Gasteiger partial charge in [-0.2, -0.15) is 0 Å². The molecule has 0 aliphatic carbocycles. The highest BCUT2D eigenvalue weighted by Crippen LogP contribution is 2.39. The number of ether oxygens (including phenoxy) is 3. The van der Waals surface area contributed by atoms with E-state index in [1.54, 1.807) is 12.1 Å². The van der Waals surface area contributed by atoms with Gasteiger partial charge in [-0.3, -0.25) is 9.59 Å². The van der Waals surface area contributed by atoms with Gasteiger partial charge in [-0.05, 0) is 25.0 Å². The van der Waals surface area contributed by atoms with E-state index in [1.807, 2.05) is 4.90 Å². The summed E-state index contributed by atoms with van der Waals surface area (Å²) >= 11 is 0. The fourth-order valence-corrected chi connectivity index (χ4v) is 3.14. The topological polar surface area (TPSA) is 77.1 Å². The summed E-state index contributed by atoms with van der Waals surface area (Å²) in [6.07, 6.45) is 4.77. The van der Waals surface area contributed by atoms with Crippen molar-refractivity contribution in [3.05, 3.63) is 17.7 Å². The molecular formula is C19H28N2O5. The van der Waals surface area contributed by atoms with Crippen LogP contribution in [-0.2, 0) is 4.79 Å². The van der Waals surface area contributed by atoms with Crippen LogP contribution in [0.1, 0.15) is 42.5 Å². The molecule has 1 aromatic rings. The summed E-state index contributed by atoms with van der Waals surface area (Å²) in [5, 5.41) is 2.79. The highest BCUT2D eigenvalue weighted by atomic mass is 16.5. The van der Waals surface area contributed by atoms with E-state index >= 15 is 0 Å². The number of nitrogens with zero attached hydrogens (tertiary/aromatic N) is 1. The van der Waals surface area contributed by atoms with Crippen LogP contribution in [0.4, 0.5) is 0 Å². The van der Waals surface area contributed by atoms with E-state index in [2.05, 4.69) is 5.32 Å². The number of rotatable bonds is 7. The standard InChI is InChI=1S/C19H28N2O5/c1-24-15-9-8-14(17(25-2)18(15)26-3)19(23)20-11-10-16(22)21-12-6-4-5-7-13-21/h8-9H,4-7,10-13H2,1-3H3,(H,20,23). The quantitative estimate of drug-likeness (QED) is 0.803. The normalized spacial score (nSPS) is 14.3. The maximum absolute atomic E-state index is 12.5. The smallest absolute Gasteiger partial charge is 0.255 e. The molecule has 144 valence electrons. The number of nitrogens with one attached hydrogen (secondary N) is 1. The number of hydrogen-bond acceptors (Lipinski definition) is 5. The van der Waals surface area contributed by atoms with E-state index in [1.165, 1.54) is 34.2 Å². The van der Waals surface area contributed by atoms with Gasteiger partial charge in [-0.25, -0.2) is 0 Å². The first-order valence-electron chi connectivity index (χ1n) is 8.97. The molecule has 1 aliphatic heterocycles. The first-order chi connectivity index (χ1) is 12.6. The Morgan fingerprint density at radius 2 is 1.62 bits per heavy atom.